The van der Waals surface area contributed by atoms with Gasteiger partial charge >= 0.3 is 0 Å². The molecule has 0 radical (unpaired) electrons. The van der Waals surface area contributed by atoms with Crippen LogP contribution in [0.4, 0.5) is 0 Å². The van der Waals surface area contributed by atoms with Gasteiger partial charge in [0.1, 0.15) is 0 Å². The molecule has 0 bridgehead atoms. The van der Waals surface area contributed by atoms with Gasteiger partial charge in [-0.05, 0) is 24.2 Å². The van der Waals surface area contributed by atoms with Gasteiger partial charge in [0.2, 0.25) is 0 Å². The maximum absolute atomic E-state index is 2.48. The minimum atomic E-state index is 1.01. The van der Waals surface area contributed by atoms with Crippen LogP contribution < -0.4 is 0 Å². The van der Waals surface area contributed by atoms with Crippen LogP contribution in [0.5, 0.6) is 0 Å². The molecule has 0 spiro atoms. The van der Waals surface area contributed by atoms with Crippen LogP contribution in [0.3, 0.4) is 0 Å². The van der Waals surface area contributed by atoms with Crippen LogP contribution in [0.2, 0.25) is 0 Å². The summed E-state index contributed by atoms with van der Waals surface area (Å²) in [5.41, 5.74) is 0. The van der Waals surface area contributed by atoms with Crippen molar-refractivity contribution in [1.82, 2.24) is 0 Å². The quantitative estimate of drug-likeness (QED) is 0.315. The first kappa shape index (κ1) is 17.1. The van der Waals surface area contributed by atoms with Crippen molar-refractivity contribution in [1.29, 1.82) is 0 Å². The van der Waals surface area contributed by atoms with Crippen LogP contribution in [-0.2, 0) is 0 Å². The summed E-state index contributed by atoms with van der Waals surface area (Å²) in [5, 5.41) is 0. The smallest absolute Gasteiger partial charge is 0.0357 e. The Morgan fingerprint density at radius 2 is 1.37 bits per heavy atom. The lowest BCUT2D eigenvalue weighted by Crippen LogP contribution is -1.98. The lowest BCUT2D eigenvalue weighted by molar-refractivity contribution is 0.423. The highest BCUT2D eigenvalue weighted by molar-refractivity contribution is 4.89. The summed E-state index contributed by atoms with van der Waals surface area (Å²) in [6.45, 7) is 7.10. The van der Waals surface area contributed by atoms with Gasteiger partial charge in [-0.2, -0.15) is 0 Å². The number of hydrogen-bond donors (Lipinski definition) is 0. The zero-order valence-electron chi connectivity index (χ0n) is 13.9. The van der Waals surface area contributed by atoms with Gasteiger partial charge < -0.3 is 0 Å². The van der Waals surface area contributed by atoms with E-state index in [4.69, 9.17) is 0 Å². The molecular weight excluding hydrogens is 228 g/mol. The molecule has 0 heterocycles. The lowest BCUT2D eigenvalue weighted by Gasteiger charge is -2.09. The average molecular weight is 267 g/mol. The molecule has 1 rings (SSSR count). The predicted octanol–water partition coefficient (Wildman–Crippen LogP) is 6.98. The average Bonchev–Trinajstić information content (AvgIpc) is 3.17. The van der Waals surface area contributed by atoms with Crippen LogP contribution in [0, 0.1) is 17.8 Å². The Balaban J connectivity index is 1.80. The SMILES string of the molecule is CCCCCCCCCCCC1CC1C(C)CCC. The Morgan fingerprint density at radius 1 is 0.789 bits per heavy atom. The molecule has 0 amide bonds. The fraction of sp³-hybridized carbons (Fsp3) is 1.00. The molecule has 1 aliphatic carbocycles. The standard InChI is InChI=1S/C19H38/c1-4-6-7-8-9-10-11-12-13-15-18-16-19(18)17(3)14-5-2/h17-19H,4-16H2,1-3H3. The van der Waals surface area contributed by atoms with Gasteiger partial charge in [-0.25, -0.2) is 0 Å². The molecule has 3 unspecified atom stereocenters. The lowest BCUT2D eigenvalue weighted by atomic mass is 9.97. The third kappa shape index (κ3) is 8.00. The molecule has 0 nitrogen and oxygen atoms in total. The van der Waals surface area contributed by atoms with Gasteiger partial charge in [0.25, 0.3) is 0 Å². The molecule has 3 atom stereocenters. The highest BCUT2D eigenvalue weighted by Gasteiger charge is 2.39. The van der Waals surface area contributed by atoms with E-state index in [0.717, 1.165) is 17.8 Å². The van der Waals surface area contributed by atoms with Crippen molar-refractivity contribution in [3.63, 3.8) is 0 Å². The normalized spacial score (nSPS) is 23.5. The van der Waals surface area contributed by atoms with Crippen LogP contribution in [0.25, 0.3) is 0 Å². The van der Waals surface area contributed by atoms with Crippen LogP contribution in [0.1, 0.15) is 104 Å². The first-order valence-electron chi connectivity index (χ1n) is 9.29. The van der Waals surface area contributed by atoms with E-state index in [1.165, 1.54) is 77.0 Å². The Labute approximate surface area is 122 Å². The monoisotopic (exact) mass is 266 g/mol. The van der Waals surface area contributed by atoms with E-state index < -0.39 is 0 Å². The zero-order chi connectivity index (χ0) is 13.9. The number of rotatable bonds is 13. The summed E-state index contributed by atoms with van der Waals surface area (Å²) in [6, 6.07) is 0. The molecule has 1 saturated carbocycles. The summed E-state index contributed by atoms with van der Waals surface area (Å²) < 4.78 is 0. The highest BCUT2D eigenvalue weighted by Crippen LogP contribution is 2.48. The van der Waals surface area contributed by atoms with Gasteiger partial charge in [-0.3, -0.25) is 0 Å². The summed E-state index contributed by atoms with van der Waals surface area (Å²) in [6.07, 6.45) is 19.2. The van der Waals surface area contributed by atoms with Gasteiger partial charge in [-0.1, -0.05) is 97.8 Å². The molecule has 0 aromatic heterocycles. The minimum Gasteiger partial charge on any atom is -0.0654 e. The second-order valence-electron chi connectivity index (χ2n) is 7.04. The van der Waals surface area contributed by atoms with Crippen molar-refractivity contribution >= 4 is 0 Å². The van der Waals surface area contributed by atoms with E-state index in [9.17, 15) is 0 Å². The Morgan fingerprint density at radius 3 is 1.95 bits per heavy atom. The van der Waals surface area contributed by atoms with Crippen molar-refractivity contribution in [3.8, 4) is 0 Å². The highest BCUT2D eigenvalue weighted by atomic mass is 14.4. The second-order valence-corrected chi connectivity index (χ2v) is 7.04. The Hall–Kier alpha value is 0. The number of unbranched alkanes of at least 4 members (excludes halogenated alkanes) is 8. The van der Waals surface area contributed by atoms with Crippen molar-refractivity contribution in [2.45, 2.75) is 104 Å². The topological polar surface area (TPSA) is 0 Å². The van der Waals surface area contributed by atoms with Crippen molar-refractivity contribution in [2.24, 2.45) is 17.8 Å². The van der Waals surface area contributed by atoms with E-state index >= 15 is 0 Å². The second kappa shape index (κ2) is 10.7. The van der Waals surface area contributed by atoms with Gasteiger partial charge in [0.05, 0.1) is 0 Å². The molecule has 0 aromatic carbocycles. The molecule has 0 aromatic rings. The maximum atomic E-state index is 2.48. The van der Waals surface area contributed by atoms with Crippen LogP contribution in [-0.4, -0.2) is 0 Å². The summed E-state index contributed by atoms with van der Waals surface area (Å²) in [4.78, 5) is 0. The number of hydrogen-bond acceptors (Lipinski definition) is 0. The van der Waals surface area contributed by atoms with E-state index in [-0.39, 0.29) is 0 Å². The van der Waals surface area contributed by atoms with Crippen LogP contribution in [0.15, 0.2) is 0 Å². The molecule has 114 valence electrons. The van der Waals surface area contributed by atoms with Gasteiger partial charge in [0, 0.05) is 0 Å². The van der Waals surface area contributed by atoms with Crippen LogP contribution >= 0.6 is 0 Å². The van der Waals surface area contributed by atoms with Gasteiger partial charge in [0.15, 0.2) is 0 Å². The molecular formula is C19H38. The first-order valence-corrected chi connectivity index (χ1v) is 9.29. The molecule has 0 aliphatic heterocycles. The molecule has 0 N–H and O–H groups in total. The predicted molar refractivity (Wildman–Crippen MR) is 87.5 cm³/mol. The fourth-order valence-corrected chi connectivity index (χ4v) is 3.69. The van der Waals surface area contributed by atoms with E-state index in [1.54, 1.807) is 6.42 Å². The largest absolute Gasteiger partial charge is 0.0654 e. The van der Waals surface area contributed by atoms with Crippen molar-refractivity contribution in [2.75, 3.05) is 0 Å². The van der Waals surface area contributed by atoms with E-state index in [0.29, 0.717) is 0 Å². The zero-order valence-corrected chi connectivity index (χ0v) is 13.9. The van der Waals surface area contributed by atoms with Gasteiger partial charge in [-0.15, -0.1) is 0 Å². The third-order valence-corrected chi connectivity index (χ3v) is 5.13. The molecule has 19 heavy (non-hydrogen) atoms. The summed E-state index contributed by atoms with van der Waals surface area (Å²) in [7, 11) is 0. The molecule has 0 heteroatoms. The molecule has 0 saturated heterocycles. The summed E-state index contributed by atoms with van der Waals surface area (Å²) >= 11 is 0. The minimum absolute atomic E-state index is 1.01. The molecule has 1 fully saturated rings. The van der Waals surface area contributed by atoms with E-state index in [1.807, 2.05) is 0 Å². The summed E-state index contributed by atoms with van der Waals surface area (Å²) in [5.74, 6) is 3.23. The van der Waals surface area contributed by atoms with E-state index in [2.05, 4.69) is 20.8 Å². The third-order valence-electron chi connectivity index (χ3n) is 5.13. The fourth-order valence-electron chi connectivity index (χ4n) is 3.69. The first-order chi connectivity index (χ1) is 9.29. The van der Waals surface area contributed by atoms with Crippen molar-refractivity contribution < 1.29 is 0 Å². The van der Waals surface area contributed by atoms with Crippen molar-refractivity contribution in [3.05, 3.63) is 0 Å². The Kier molecular flexibility index (Phi) is 9.65. The Bertz CT molecular complexity index is 196. The maximum Gasteiger partial charge on any atom is -0.0357 e. The molecule has 1 aliphatic rings.